The third-order valence-corrected chi connectivity index (χ3v) is 3.63. The molecular formula is C19H19N5O2. The number of para-hydroxylation sites is 1. The van der Waals surface area contributed by atoms with Gasteiger partial charge in [-0.1, -0.05) is 24.3 Å². The summed E-state index contributed by atoms with van der Waals surface area (Å²) in [6.45, 7) is 2.69. The maximum Gasteiger partial charge on any atom is 0.323 e. The maximum atomic E-state index is 12.4. The number of carbonyl (C=O) groups is 2. The molecule has 1 heterocycles. The fraction of sp³-hybridized carbons (Fsp3) is 0.105. The monoisotopic (exact) mass is 349 g/mol. The zero-order valence-corrected chi connectivity index (χ0v) is 14.3. The molecule has 3 rings (SSSR count). The highest BCUT2D eigenvalue weighted by atomic mass is 16.2. The Hall–Kier alpha value is -3.61. The van der Waals surface area contributed by atoms with Gasteiger partial charge in [0.1, 0.15) is 0 Å². The zero-order chi connectivity index (χ0) is 18.4. The minimum Gasteiger partial charge on any atom is -0.319 e. The van der Waals surface area contributed by atoms with Crippen LogP contribution in [0.3, 0.4) is 0 Å². The van der Waals surface area contributed by atoms with Gasteiger partial charge < -0.3 is 16.0 Å². The molecule has 0 fully saturated rings. The Kier molecular flexibility index (Phi) is 5.28. The second kappa shape index (κ2) is 7.98. The summed E-state index contributed by atoms with van der Waals surface area (Å²) in [7, 11) is 0. The number of anilines is 3. The third-order valence-electron chi connectivity index (χ3n) is 3.63. The Bertz CT molecular complexity index is 905. The van der Waals surface area contributed by atoms with E-state index in [1.165, 1.54) is 0 Å². The van der Waals surface area contributed by atoms with E-state index in [0.29, 0.717) is 22.6 Å². The Balaban J connectivity index is 1.63. The van der Waals surface area contributed by atoms with Crippen molar-refractivity contribution in [2.45, 2.75) is 13.5 Å². The molecule has 0 aliphatic rings. The number of aryl methyl sites for hydroxylation is 1. The van der Waals surface area contributed by atoms with Crippen molar-refractivity contribution >= 4 is 29.0 Å². The minimum atomic E-state index is -0.377. The van der Waals surface area contributed by atoms with Crippen molar-refractivity contribution in [3.8, 4) is 0 Å². The van der Waals surface area contributed by atoms with Crippen LogP contribution in [0.15, 0.2) is 67.0 Å². The van der Waals surface area contributed by atoms with Gasteiger partial charge in [-0.15, -0.1) is 0 Å². The number of hydrogen-bond acceptors (Lipinski definition) is 3. The van der Waals surface area contributed by atoms with Crippen molar-refractivity contribution in [3.05, 3.63) is 72.6 Å². The van der Waals surface area contributed by atoms with Crippen LogP contribution in [0, 0.1) is 0 Å². The van der Waals surface area contributed by atoms with E-state index >= 15 is 0 Å². The fourth-order valence-electron chi connectivity index (χ4n) is 2.36. The number of nitrogens with zero attached hydrogens (tertiary/aromatic N) is 2. The molecule has 0 aliphatic heterocycles. The highest BCUT2D eigenvalue weighted by Crippen LogP contribution is 2.14. The molecule has 3 amide bonds. The predicted molar refractivity (Wildman–Crippen MR) is 101 cm³/mol. The number of hydrogen-bond donors (Lipinski definition) is 3. The Morgan fingerprint density at radius 2 is 1.65 bits per heavy atom. The average Bonchev–Trinajstić information content (AvgIpc) is 3.10. The Labute approximate surface area is 151 Å². The molecule has 3 N–H and O–H groups in total. The Morgan fingerprint density at radius 1 is 0.923 bits per heavy atom. The van der Waals surface area contributed by atoms with Gasteiger partial charge in [0.25, 0.3) is 5.91 Å². The quantitative estimate of drug-likeness (QED) is 0.655. The largest absolute Gasteiger partial charge is 0.323 e. The number of rotatable bonds is 5. The van der Waals surface area contributed by atoms with Gasteiger partial charge in [0.05, 0.1) is 11.9 Å². The van der Waals surface area contributed by atoms with E-state index < -0.39 is 0 Å². The molecule has 7 heteroatoms. The van der Waals surface area contributed by atoms with Crippen LogP contribution in [0.1, 0.15) is 17.3 Å². The van der Waals surface area contributed by atoms with E-state index in [1.807, 2.05) is 25.1 Å². The maximum absolute atomic E-state index is 12.4. The number of amides is 3. The molecule has 0 aliphatic carbocycles. The molecule has 0 saturated carbocycles. The fourth-order valence-corrected chi connectivity index (χ4v) is 2.36. The van der Waals surface area contributed by atoms with Crippen LogP contribution >= 0.6 is 0 Å². The lowest BCUT2D eigenvalue weighted by atomic mass is 10.2. The normalized spacial score (nSPS) is 10.2. The van der Waals surface area contributed by atoms with Crippen molar-refractivity contribution in [3.63, 3.8) is 0 Å². The molecule has 3 aromatic rings. The molecule has 132 valence electrons. The van der Waals surface area contributed by atoms with Gasteiger partial charge >= 0.3 is 6.03 Å². The second-order valence-corrected chi connectivity index (χ2v) is 5.56. The number of carbonyl (C=O) groups excluding carboxylic acids is 2. The van der Waals surface area contributed by atoms with Crippen LogP contribution in [0.4, 0.5) is 21.9 Å². The summed E-state index contributed by atoms with van der Waals surface area (Å²) in [5, 5.41) is 12.3. The van der Waals surface area contributed by atoms with E-state index in [2.05, 4.69) is 21.0 Å². The highest BCUT2D eigenvalue weighted by Gasteiger charge is 2.09. The van der Waals surface area contributed by atoms with E-state index in [0.717, 1.165) is 6.54 Å². The number of urea groups is 1. The summed E-state index contributed by atoms with van der Waals surface area (Å²) in [4.78, 5) is 24.4. The van der Waals surface area contributed by atoms with Crippen molar-refractivity contribution in [2.24, 2.45) is 0 Å². The molecule has 0 unspecified atom stereocenters. The second-order valence-electron chi connectivity index (χ2n) is 5.56. The third kappa shape index (κ3) is 4.47. The van der Waals surface area contributed by atoms with Crippen LogP contribution in [0.2, 0.25) is 0 Å². The van der Waals surface area contributed by atoms with Crippen molar-refractivity contribution in [2.75, 3.05) is 16.0 Å². The molecule has 0 bridgehead atoms. The minimum absolute atomic E-state index is 0.271. The van der Waals surface area contributed by atoms with E-state index in [-0.39, 0.29) is 11.9 Å². The SMILES string of the molecule is CCn1cc(NC(=O)c2cccc(NC(=O)Nc3ccccc3)c2)cn1. The summed E-state index contributed by atoms with van der Waals surface area (Å²) < 4.78 is 1.72. The van der Waals surface area contributed by atoms with Gasteiger partial charge in [0.2, 0.25) is 0 Å². The number of benzene rings is 2. The lowest BCUT2D eigenvalue weighted by Crippen LogP contribution is -2.20. The van der Waals surface area contributed by atoms with Crippen LogP contribution in [0.5, 0.6) is 0 Å². The molecule has 0 radical (unpaired) electrons. The van der Waals surface area contributed by atoms with Crippen LogP contribution in [-0.4, -0.2) is 21.7 Å². The Morgan fingerprint density at radius 3 is 2.38 bits per heavy atom. The van der Waals surface area contributed by atoms with Crippen LogP contribution < -0.4 is 16.0 Å². The van der Waals surface area contributed by atoms with Gasteiger partial charge in [-0.25, -0.2) is 4.79 Å². The van der Waals surface area contributed by atoms with E-state index in [4.69, 9.17) is 0 Å². The average molecular weight is 349 g/mol. The first-order valence-corrected chi connectivity index (χ1v) is 8.21. The van der Waals surface area contributed by atoms with Gasteiger partial charge in [-0.2, -0.15) is 5.10 Å². The summed E-state index contributed by atoms with van der Waals surface area (Å²) in [5.74, 6) is -0.271. The summed E-state index contributed by atoms with van der Waals surface area (Å²) in [6.07, 6.45) is 3.35. The summed E-state index contributed by atoms with van der Waals surface area (Å²) >= 11 is 0. The molecule has 0 spiro atoms. The first kappa shape index (κ1) is 17.2. The van der Waals surface area contributed by atoms with Gasteiger partial charge in [0, 0.05) is 29.7 Å². The first-order valence-electron chi connectivity index (χ1n) is 8.21. The van der Waals surface area contributed by atoms with Crippen molar-refractivity contribution in [1.29, 1.82) is 0 Å². The molecule has 1 aromatic heterocycles. The van der Waals surface area contributed by atoms with Crippen molar-refractivity contribution in [1.82, 2.24) is 9.78 Å². The molecule has 26 heavy (non-hydrogen) atoms. The lowest BCUT2D eigenvalue weighted by Gasteiger charge is -2.09. The molecule has 7 nitrogen and oxygen atoms in total. The van der Waals surface area contributed by atoms with Crippen LogP contribution in [-0.2, 0) is 6.54 Å². The zero-order valence-electron chi connectivity index (χ0n) is 14.3. The van der Waals surface area contributed by atoms with Gasteiger partial charge in [-0.05, 0) is 37.3 Å². The van der Waals surface area contributed by atoms with Crippen LogP contribution in [0.25, 0.3) is 0 Å². The van der Waals surface area contributed by atoms with E-state index in [9.17, 15) is 9.59 Å². The number of aromatic nitrogens is 2. The molecule has 0 saturated heterocycles. The first-order chi connectivity index (χ1) is 12.6. The predicted octanol–water partition coefficient (Wildman–Crippen LogP) is 3.80. The number of nitrogens with one attached hydrogen (secondary N) is 3. The van der Waals surface area contributed by atoms with E-state index in [1.54, 1.807) is 53.5 Å². The molecular weight excluding hydrogens is 330 g/mol. The van der Waals surface area contributed by atoms with Gasteiger partial charge in [-0.3, -0.25) is 9.48 Å². The highest BCUT2D eigenvalue weighted by molar-refractivity contribution is 6.06. The lowest BCUT2D eigenvalue weighted by molar-refractivity contribution is 0.102. The van der Waals surface area contributed by atoms with Gasteiger partial charge in [0.15, 0.2) is 0 Å². The van der Waals surface area contributed by atoms with Crippen molar-refractivity contribution < 1.29 is 9.59 Å². The smallest absolute Gasteiger partial charge is 0.319 e. The topological polar surface area (TPSA) is 88.0 Å². The molecule has 2 aromatic carbocycles. The summed E-state index contributed by atoms with van der Waals surface area (Å²) in [5.41, 5.74) is 2.27. The molecule has 0 atom stereocenters. The standard InChI is InChI=1S/C19H19N5O2/c1-2-24-13-17(12-20-24)21-18(25)14-7-6-10-16(11-14)23-19(26)22-15-8-4-3-5-9-15/h3-13H,2H2,1H3,(H,21,25)(H2,22,23,26). The summed E-state index contributed by atoms with van der Waals surface area (Å²) in [6, 6.07) is 15.5.